The van der Waals surface area contributed by atoms with Crippen LogP contribution in [0, 0.1) is 6.07 Å². The van der Waals surface area contributed by atoms with Crippen molar-refractivity contribution in [3.05, 3.63) is 23.8 Å². The summed E-state index contributed by atoms with van der Waals surface area (Å²) in [5.74, 6) is -1.35. The van der Waals surface area contributed by atoms with E-state index in [0.29, 0.717) is 0 Å². The molecule has 2 N–H and O–H groups in total. The molecule has 0 aliphatic carbocycles. The van der Waals surface area contributed by atoms with Gasteiger partial charge in [-0.05, 0) is 18.2 Å². The summed E-state index contributed by atoms with van der Waals surface area (Å²) in [4.78, 5) is 21.9. The van der Waals surface area contributed by atoms with Crippen molar-refractivity contribution in [2.45, 2.75) is 6.92 Å². The number of carbonyl (C=O) groups is 2. The molecule has 1 amide bonds. The normalized spacial score (nSPS) is 9.47. The Hall–Kier alpha value is -2.04. The van der Waals surface area contributed by atoms with Crippen LogP contribution >= 0.6 is 0 Å². The van der Waals surface area contributed by atoms with Crippen LogP contribution in [0.2, 0.25) is 0 Å². The summed E-state index contributed by atoms with van der Waals surface area (Å²) in [5, 5.41) is 12.0. The monoisotopic (exact) mass is 208 g/mol. The molecule has 0 unspecified atom stereocenters. The fourth-order valence-electron chi connectivity index (χ4n) is 1.04. The summed E-state index contributed by atoms with van der Waals surface area (Å²) >= 11 is 0. The van der Waals surface area contributed by atoms with Crippen LogP contribution in [0.25, 0.3) is 0 Å². The summed E-state index contributed by atoms with van der Waals surface area (Å²) in [5.41, 5.74) is 0.0918. The molecule has 1 aromatic carbocycles. The number of hydrogen-bond acceptors (Lipinski definition) is 4. The van der Waals surface area contributed by atoms with Crippen molar-refractivity contribution in [3.8, 4) is 5.75 Å². The fourth-order valence-corrected chi connectivity index (χ4v) is 1.04. The Kier molecular flexibility index (Phi) is 3.28. The molecule has 0 aliphatic heterocycles. The maximum absolute atomic E-state index is 11.2. The average molecular weight is 208 g/mol. The highest BCUT2D eigenvalue weighted by atomic mass is 16.5. The first-order chi connectivity index (χ1) is 7.06. The van der Waals surface area contributed by atoms with Gasteiger partial charge in [0, 0.05) is 6.92 Å². The molecule has 1 radical (unpaired) electrons. The van der Waals surface area contributed by atoms with E-state index in [2.05, 4.69) is 16.1 Å². The first kappa shape index (κ1) is 11.0. The maximum Gasteiger partial charge on any atom is 0.341 e. The number of amides is 1. The number of aromatic hydroxyl groups is 1. The first-order valence-electron chi connectivity index (χ1n) is 4.15. The van der Waals surface area contributed by atoms with Gasteiger partial charge >= 0.3 is 5.97 Å². The van der Waals surface area contributed by atoms with Crippen LogP contribution < -0.4 is 5.32 Å². The topological polar surface area (TPSA) is 75.6 Å². The smallest absolute Gasteiger partial charge is 0.341 e. The number of rotatable bonds is 2. The molecular weight excluding hydrogens is 198 g/mol. The van der Waals surface area contributed by atoms with E-state index in [0.717, 1.165) is 0 Å². The second kappa shape index (κ2) is 4.45. The standard InChI is InChI=1S/C10H10NO4/c1-6(12)11-8-5-3-4-7(9(8)13)10(14)15-2/h4-5,13H,1-2H3,(H,11,12). The Morgan fingerprint density at radius 3 is 2.67 bits per heavy atom. The number of methoxy groups -OCH3 is 1. The van der Waals surface area contributed by atoms with E-state index in [4.69, 9.17) is 0 Å². The predicted molar refractivity (Wildman–Crippen MR) is 52.6 cm³/mol. The first-order valence-corrected chi connectivity index (χ1v) is 4.15. The van der Waals surface area contributed by atoms with Crippen LogP contribution in [0.1, 0.15) is 17.3 Å². The van der Waals surface area contributed by atoms with Gasteiger partial charge in [0.05, 0.1) is 12.8 Å². The second-order valence-corrected chi connectivity index (χ2v) is 2.80. The third-order valence-electron chi connectivity index (χ3n) is 1.68. The minimum atomic E-state index is -0.684. The number of anilines is 1. The van der Waals surface area contributed by atoms with Crippen LogP contribution in [0.3, 0.4) is 0 Å². The van der Waals surface area contributed by atoms with E-state index in [1.54, 1.807) is 0 Å². The highest BCUT2D eigenvalue weighted by Gasteiger charge is 2.14. The molecule has 1 aromatic rings. The van der Waals surface area contributed by atoms with E-state index in [1.165, 1.54) is 26.2 Å². The van der Waals surface area contributed by atoms with Gasteiger partial charge in [0.2, 0.25) is 5.91 Å². The van der Waals surface area contributed by atoms with Crippen molar-refractivity contribution < 1.29 is 19.4 Å². The van der Waals surface area contributed by atoms with Crippen molar-refractivity contribution in [2.75, 3.05) is 12.4 Å². The van der Waals surface area contributed by atoms with Gasteiger partial charge in [0.1, 0.15) is 5.56 Å². The number of carbonyl (C=O) groups excluding carboxylic acids is 2. The Morgan fingerprint density at radius 2 is 2.13 bits per heavy atom. The average Bonchev–Trinajstić information content (AvgIpc) is 2.19. The highest BCUT2D eigenvalue weighted by Crippen LogP contribution is 2.27. The fraction of sp³-hybridized carbons (Fsp3) is 0.200. The molecule has 0 aliphatic rings. The predicted octanol–water partition coefficient (Wildman–Crippen LogP) is 0.937. The molecule has 0 atom stereocenters. The van der Waals surface area contributed by atoms with Gasteiger partial charge < -0.3 is 15.2 Å². The lowest BCUT2D eigenvalue weighted by molar-refractivity contribution is -0.114. The number of phenolic OH excluding ortho intramolecular Hbond substituents is 1. The van der Waals surface area contributed by atoms with Crippen molar-refractivity contribution >= 4 is 17.6 Å². The third kappa shape index (κ3) is 2.46. The summed E-state index contributed by atoms with van der Waals surface area (Å²) in [6, 6.07) is 5.26. The van der Waals surface area contributed by atoms with Gasteiger partial charge in [-0.15, -0.1) is 0 Å². The SMILES string of the molecule is COC(=O)c1c[c]cc(NC(C)=O)c1O. The molecule has 0 spiro atoms. The van der Waals surface area contributed by atoms with Gasteiger partial charge in [0.25, 0.3) is 0 Å². The highest BCUT2D eigenvalue weighted by molar-refractivity contribution is 5.97. The summed E-state index contributed by atoms with van der Waals surface area (Å²) < 4.78 is 4.45. The van der Waals surface area contributed by atoms with Gasteiger partial charge in [-0.25, -0.2) is 4.79 Å². The molecule has 0 saturated heterocycles. The number of ether oxygens (including phenoxy) is 1. The summed E-state index contributed by atoms with van der Waals surface area (Å²) in [7, 11) is 1.20. The van der Waals surface area contributed by atoms with Crippen LogP contribution in [0.15, 0.2) is 12.1 Å². The Balaban J connectivity index is 3.11. The van der Waals surface area contributed by atoms with Crippen molar-refractivity contribution in [2.24, 2.45) is 0 Å². The Morgan fingerprint density at radius 1 is 1.47 bits per heavy atom. The lowest BCUT2D eigenvalue weighted by Gasteiger charge is -2.07. The number of benzene rings is 1. The van der Waals surface area contributed by atoms with Crippen LogP contribution in [-0.2, 0) is 9.53 Å². The van der Waals surface area contributed by atoms with Crippen molar-refractivity contribution in [1.82, 2.24) is 0 Å². The van der Waals surface area contributed by atoms with Crippen molar-refractivity contribution in [1.29, 1.82) is 0 Å². The number of nitrogens with one attached hydrogen (secondary N) is 1. The van der Waals surface area contributed by atoms with Gasteiger partial charge in [-0.2, -0.15) is 0 Å². The number of esters is 1. The van der Waals surface area contributed by atoms with Crippen LogP contribution in [-0.4, -0.2) is 24.1 Å². The molecule has 0 fully saturated rings. The largest absolute Gasteiger partial charge is 0.505 e. The zero-order chi connectivity index (χ0) is 11.4. The van der Waals surface area contributed by atoms with E-state index >= 15 is 0 Å². The molecule has 79 valence electrons. The molecule has 15 heavy (non-hydrogen) atoms. The molecule has 0 aromatic heterocycles. The van der Waals surface area contributed by atoms with Crippen molar-refractivity contribution in [3.63, 3.8) is 0 Å². The molecule has 0 heterocycles. The van der Waals surface area contributed by atoms with E-state index in [9.17, 15) is 14.7 Å². The minimum absolute atomic E-state index is 0.0382. The van der Waals surface area contributed by atoms with E-state index < -0.39 is 5.97 Å². The molecular formula is C10H10NO4. The quantitative estimate of drug-likeness (QED) is 0.560. The Labute approximate surface area is 86.7 Å². The molecule has 5 nitrogen and oxygen atoms in total. The number of phenols is 1. The van der Waals surface area contributed by atoms with Gasteiger partial charge in [-0.1, -0.05) is 0 Å². The van der Waals surface area contributed by atoms with Gasteiger partial charge in [0.15, 0.2) is 5.75 Å². The molecule has 0 bridgehead atoms. The summed E-state index contributed by atoms with van der Waals surface area (Å²) in [6.45, 7) is 1.30. The third-order valence-corrected chi connectivity index (χ3v) is 1.68. The number of hydrogen-bond donors (Lipinski definition) is 2. The van der Waals surface area contributed by atoms with Gasteiger partial charge in [-0.3, -0.25) is 4.79 Å². The Bertz CT molecular complexity index is 400. The maximum atomic E-state index is 11.2. The second-order valence-electron chi connectivity index (χ2n) is 2.80. The lowest BCUT2D eigenvalue weighted by atomic mass is 10.1. The van der Waals surface area contributed by atoms with E-state index in [-0.39, 0.29) is 22.9 Å². The lowest BCUT2D eigenvalue weighted by Crippen LogP contribution is -2.08. The van der Waals surface area contributed by atoms with Crippen LogP contribution in [0.4, 0.5) is 5.69 Å². The minimum Gasteiger partial charge on any atom is -0.505 e. The molecule has 1 rings (SSSR count). The molecule has 5 heteroatoms. The zero-order valence-corrected chi connectivity index (χ0v) is 8.33. The van der Waals surface area contributed by atoms with E-state index in [1.807, 2.05) is 0 Å². The van der Waals surface area contributed by atoms with Crippen LogP contribution in [0.5, 0.6) is 5.75 Å². The summed E-state index contributed by atoms with van der Waals surface area (Å²) in [6.07, 6.45) is 0. The zero-order valence-electron chi connectivity index (χ0n) is 8.33. The molecule has 0 saturated carbocycles.